The molecule has 0 fully saturated rings. The molecule has 0 amide bonds. The molecule has 1 heterocycles. The van der Waals surface area contributed by atoms with Gasteiger partial charge in [-0.2, -0.15) is 0 Å². The van der Waals surface area contributed by atoms with Crippen LogP contribution >= 0.6 is 0 Å². The number of benzene rings is 10. The number of aromatic nitrogens is 1. The van der Waals surface area contributed by atoms with Gasteiger partial charge in [0.1, 0.15) is 0 Å². The average Bonchev–Trinajstić information content (AvgIpc) is 3.63. The van der Waals surface area contributed by atoms with Crippen molar-refractivity contribution in [3.63, 3.8) is 0 Å². The number of anilines is 3. The Morgan fingerprint density at radius 1 is 0.276 bits per heavy atom. The largest absolute Gasteiger partial charge is 0.310 e. The lowest BCUT2D eigenvalue weighted by Crippen LogP contribution is -2.10. The van der Waals surface area contributed by atoms with Gasteiger partial charge in [0, 0.05) is 33.4 Å². The molecule has 0 saturated carbocycles. The van der Waals surface area contributed by atoms with E-state index in [0.29, 0.717) is 0 Å². The zero-order valence-electron chi connectivity index (χ0n) is 31.8. The van der Waals surface area contributed by atoms with E-state index in [9.17, 15) is 0 Å². The van der Waals surface area contributed by atoms with Crippen LogP contribution in [-0.2, 0) is 0 Å². The normalized spacial score (nSPS) is 11.4. The molecular weight excluding hydrogens is 701 g/mol. The van der Waals surface area contributed by atoms with Crippen molar-refractivity contribution < 1.29 is 0 Å². The molecule has 0 unspecified atom stereocenters. The fourth-order valence-corrected chi connectivity index (χ4v) is 8.68. The summed E-state index contributed by atoms with van der Waals surface area (Å²) in [6.45, 7) is 0. The van der Waals surface area contributed by atoms with Gasteiger partial charge in [-0.25, -0.2) is 0 Å². The lowest BCUT2D eigenvalue weighted by molar-refractivity contribution is 1.18. The molecule has 0 spiro atoms. The molecule has 11 rings (SSSR count). The van der Waals surface area contributed by atoms with E-state index in [-0.39, 0.29) is 0 Å². The van der Waals surface area contributed by atoms with Crippen molar-refractivity contribution in [2.24, 2.45) is 0 Å². The quantitative estimate of drug-likeness (QED) is 0.158. The Hall–Kier alpha value is -7.68. The van der Waals surface area contributed by atoms with Crippen molar-refractivity contribution in [3.8, 4) is 39.1 Å². The summed E-state index contributed by atoms with van der Waals surface area (Å²) in [5.41, 5.74) is 13.9. The van der Waals surface area contributed by atoms with Gasteiger partial charge in [-0.05, 0) is 116 Å². The van der Waals surface area contributed by atoms with Gasteiger partial charge in [-0.3, -0.25) is 0 Å². The molecule has 0 bridgehead atoms. The molecule has 11 aromatic rings. The van der Waals surface area contributed by atoms with Crippen molar-refractivity contribution in [3.05, 3.63) is 231 Å². The second-order valence-electron chi connectivity index (χ2n) is 15.0. The summed E-state index contributed by atoms with van der Waals surface area (Å²) in [7, 11) is 0. The van der Waals surface area contributed by atoms with E-state index in [1.807, 2.05) is 0 Å². The maximum absolute atomic E-state index is 2.48. The summed E-state index contributed by atoms with van der Waals surface area (Å²) in [5, 5.41) is 7.39. The molecule has 0 aliphatic carbocycles. The first-order valence-electron chi connectivity index (χ1n) is 19.9. The molecule has 0 aliphatic heterocycles. The minimum absolute atomic E-state index is 1.09. The highest BCUT2D eigenvalue weighted by molar-refractivity contribution is 6.11. The lowest BCUT2D eigenvalue weighted by atomic mass is 9.94. The molecule has 272 valence electrons. The number of rotatable bonds is 7. The van der Waals surface area contributed by atoms with Crippen LogP contribution in [0.4, 0.5) is 17.1 Å². The molecule has 2 nitrogen and oxygen atoms in total. The Bertz CT molecular complexity index is 3270. The maximum atomic E-state index is 2.48. The number of fused-ring (bicyclic) bond motifs is 5. The molecule has 0 radical (unpaired) electrons. The molecule has 2 heteroatoms. The minimum Gasteiger partial charge on any atom is -0.310 e. The number of nitrogens with zero attached hydrogens (tertiary/aromatic N) is 2. The monoisotopic (exact) mass is 738 g/mol. The first-order valence-corrected chi connectivity index (χ1v) is 19.9. The van der Waals surface area contributed by atoms with E-state index in [2.05, 4.69) is 240 Å². The number of hydrogen-bond donors (Lipinski definition) is 0. The summed E-state index contributed by atoms with van der Waals surface area (Å²) in [6.07, 6.45) is 0. The molecule has 1 aromatic heterocycles. The highest BCUT2D eigenvalue weighted by Gasteiger charge is 2.20. The van der Waals surface area contributed by atoms with E-state index >= 15 is 0 Å². The second kappa shape index (κ2) is 14.1. The molecule has 10 aromatic carbocycles. The molecule has 0 aliphatic rings. The summed E-state index contributed by atoms with van der Waals surface area (Å²) in [4.78, 5) is 2.36. The fourth-order valence-electron chi connectivity index (χ4n) is 8.68. The zero-order valence-corrected chi connectivity index (χ0v) is 31.8. The third-order valence-corrected chi connectivity index (χ3v) is 11.5. The van der Waals surface area contributed by atoms with Crippen LogP contribution in [0.15, 0.2) is 231 Å². The van der Waals surface area contributed by atoms with E-state index in [1.165, 1.54) is 71.2 Å². The Labute approximate surface area is 338 Å². The summed E-state index contributed by atoms with van der Waals surface area (Å²) >= 11 is 0. The second-order valence-corrected chi connectivity index (χ2v) is 15.0. The minimum atomic E-state index is 1.09. The van der Waals surface area contributed by atoms with Crippen molar-refractivity contribution >= 4 is 60.4 Å². The molecule has 0 atom stereocenters. The Kier molecular flexibility index (Phi) is 8.19. The van der Waals surface area contributed by atoms with Gasteiger partial charge >= 0.3 is 0 Å². The van der Waals surface area contributed by atoms with Crippen LogP contribution in [0.25, 0.3) is 82.4 Å². The molecule has 58 heavy (non-hydrogen) atoms. The molecular formula is C56H38N2. The fraction of sp³-hybridized carbons (Fsp3) is 0. The smallest absolute Gasteiger partial charge is 0.0562 e. The number of para-hydroxylation sites is 2. The van der Waals surface area contributed by atoms with Crippen LogP contribution < -0.4 is 4.90 Å². The van der Waals surface area contributed by atoms with E-state index in [4.69, 9.17) is 0 Å². The standard InChI is InChI=1S/C56H38N2/c1-3-13-39(14-4-1)42-27-30-49(31-28-42)57(48-19-5-2-6-20-48)50-32-33-52-51-21-11-12-22-54(51)58(56(52)38-50)55-34-29-46(45-25-23-40-15-7-9-17-43(40)35-45)37-53(55)47-26-24-41-16-8-10-18-44(41)36-47/h1-38H. The van der Waals surface area contributed by atoms with Crippen LogP contribution in [0, 0.1) is 0 Å². The third kappa shape index (κ3) is 5.91. The topological polar surface area (TPSA) is 8.17 Å². The Balaban J connectivity index is 1.13. The third-order valence-electron chi connectivity index (χ3n) is 11.5. The molecule has 0 saturated heterocycles. The molecule has 0 N–H and O–H groups in total. The van der Waals surface area contributed by atoms with E-state index in [0.717, 1.165) is 28.3 Å². The van der Waals surface area contributed by atoms with Gasteiger partial charge in [-0.15, -0.1) is 0 Å². The van der Waals surface area contributed by atoms with Gasteiger partial charge in [-0.1, -0.05) is 164 Å². The van der Waals surface area contributed by atoms with Crippen LogP contribution in [0.5, 0.6) is 0 Å². The van der Waals surface area contributed by atoms with Crippen LogP contribution in [0.1, 0.15) is 0 Å². The average molecular weight is 739 g/mol. The first kappa shape index (κ1) is 33.6. The highest BCUT2D eigenvalue weighted by atomic mass is 15.1. The maximum Gasteiger partial charge on any atom is 0.0562 e. The predicted molar refractivity (Wildman–Crippen MR) is 247 cm³/mol. The summed E-state index contributed by atoms with van der Waals surface area (Å²) in [6, 6.07) is 83.8. The van der Waals surface area contributed by atoms with Crippen LogP contribution in [-0.4, -0.2) is 4.57 Å². The van der Waals surface area contributed by atoms with Gasteiger partial charge in [0.15, 0.2) is 0 Å². The SMILES string of the molecule is c1ccc(-c2ccc(N(c3ccccc3)c3ccc4c5ccccc5n(-c5ccc(-c6ccc7ccccc7c6)cc5-c5ccc6ccccc6c5)c4c3)cc2)cc1. The summed E-state index contributed by atoms with van der Waals surface area (Å²) in [5.74, 6) is 0. The van der Waals surface area contributed by atoms with Gasteiger partial charge < -0.3 is 9.47 Å². The van der Waals surface area contributed by atoms with Gasteiger partial charge in [0.2, 0.25) is 0 Å². The van der Waals surface area contributed by atoms with Crippen molar-refractivity contribution in [1.29, 1.82) is 0 Å². The summed E-state index contributed by atoms with van der Waals surface area (Å²) < 4.78 is 2.48. The van der Waals surface area contributed by atoms with Crippen LogP contribution in [0.3, 0.4) is 0 Å². The van der Waals surface area contributed by atoms with Gasteiger partial charge in [0.25, 0.3) is 0 Å². The Morgan fingerprint density at radius 2 is 0.776 bits per heavy atom. The van der Waals surface area contributed by atoms with E-state index < -0.39 is 0 Å². The van der Waals surface area contributed by atoms with E-state index in [1.54, 1.807) is 0 Å². The Morgan fingerprint density at radius 3 is 1.52 bits per heavy atom. The number of hydrogen-bond acceptors (Lipinski definition) is 1. The van der Waals surface area contributed by atoms with Gasteiger partial charge in [0.05, 0.1) is 16.7 Å². The van der Waals surface area contributed by atoms with Crippen molar-refractivity contribution in [2.45, 2.75) is 0 Å². The lowest BCUT2D eigenvalue weighted by Gasteiger charge is -2.26. The predicted octanol–water partition coefficient (Wildman–Crippen LogP) is 15.6. The first-order chi connectivity index (χ1) is 28.7. The van der Waals surface area contributed by atoms with Crippen LogP contribution in [0.2, 0.25) is 0 Å². The zero-order chi connectivity index (χ0) is 38.4. The van der Waals surface area contributed by atoms with Crippen molar-refractivity contribution in [1.82, 2.24) is 4.57 Å². The van der Waals surface area contributed by atoms with Crippen molar-refractivity contribution in [2.75, 3.05) is 4.90 Å². The highest BCUT2D eigenvalue weighted by Crippen LogP contribution is 2.43.